The molecule has 172 valence electrons. The van der Waals surface area contributed by atoms with Crippen LogP contribution in [-0.4, -0.2) is 32.5 Å². The number of amides is 2. The Kier molecular flexibility index (Phi) is 5.05. The van der Waals surface area contributed by atoms with Gasteiger partial charge in [0.05, 0.1) is 0 Å². The minimum absolute atomic E-state index is 0.00826. The topological polar surface area (TPSA) is 103 Å². The van der Waals surface area contributed by atoms with E-state index in [-0.39, 0.29) is 54.4 Å². The summed E-state index contributed by atoms with van der Waals surface area (Å²) < 4.78 is 57.0. The third-order valence-corrected chi connectivity index (χ3v) is 6.45. The number of primary amides is 1. The fraction of sp³-hybridized carbons (Fsp3) is 0.524. The van der Waals surface area contributed by atoms with Crippen molar-refractivity contribution in [3.63, 3.8) is 0 Å². The first-order chi connectivity index (χ1) is 14.8. The van der Waals surface area contributed by atoms with E-state index >= 15 is 0 Å². The minimum atomic E-state index is -3.29. The van der Waals surface area contributed by atoms with Gasteiger partial charge in [0.1, 0.15) is 17.1 Å². The normalized spacial score (nSPS) is 24.0. The molecule has 0 aliphatic heterocycles. The van der Waals surface area contributed by atoms with Gasteiger partial charge < -0.3 is 11.1 Å². The molecule has 0 bridgehead atoms. The van der Waals surface area contributed by atoms with Crippen molar-refractivity contribution >= 4 is 17.5 Å². The molecule has 2 aromatic rings. The summed E-state index contributed by atoms with van der Waals surface area (Å²) >= 11 is 0. The Hall–Kier alpha value is -2.98. The molecule has 11 heteroatoms. The van der Waals surface area contributed by atoms with Crippen LogP contribution in [0.25, 0.3) is 0 Å². The van der Waals surface area contributed by atoms with E-state index in [9.17, 15) is 27.2 Å². The molecular formula is C21H23F4N5O2. The first-order valence-corrected chi connectivity index (χ1v) is 10.2. The number of rotatable bonds is 6. The number of nitrogens with two attached hydrogens (primary N) is 1. The molecule has 2 amide bonds. The van der Waals surface area contributed by atoms with Gasteiger partial charge in [-0.1, -0.05) is 0 Å². The van der Waals surface area contributed by atoms with Crippen LogP contribution in [0, 0.1) is 18.3 Å². The molecular weight excluding hydrogens is 430 g/mol. The van der Waals surface area contributed by atoms with Gasteiger partial charge in [-0.3, -0.25) is 19.3 Å². The Bertz CT molecular complexity index is 1090. The second-order valence-electron chi connectivity index (χ2n) is 8.94. The number of carbonyl (C=O) groups excluding carboxylic acids is 2. The predicted octanol–water partition coefficient (Wildman–Crippen LogP) is 3.87. The number of carbonyl (C=O) groups is 2. The Labute approximate surface area is 181 Å². The predicted molar refractivity (Wildman–Crippen MR) is 107 cm³/mol. The number of alkyl halides is 4. The average molecular weight is 453 g/mol. The van der Waals surface area contributed by atoms with Gasteiger partial charge in [-0.05, 0) is 43.2 Å². The lowest BCUT2D eigenvalue weighted by Gasteiger charge is -2.28. The third kappa shape index (κ3) is 4.07. The van der Waals surface area contributed by atoms with Gasteiger partial charge in [-0.25, -0.2) is 8.78 Å². The van der Waals surface area contributed by atoms with Crippen molar-refractivity contribution in [1.29, 1.82) is 0 Å². The number of hydrogen-bond donors (Lipinski definition) is 2. The molecule has 0 saturated heterocycles. The Morgan fingerprint density at radius 3 is 2.66 bits per heavy atom. The molecule has 32 heavy (non-hydrogen) atoms. The standard InChI is InChI=1S/C21H23F4N5O2/c1-11-15(18(32)28-13-3-6-27-14(7-13)17(26)31)30(29-16(11)19(2,22)23)10-20-4-5-21(24,25)9-12(20)8-20/h3,6-7,12H,4-5,8-10H2,1-2H3,(H2,26,31)(H,27,28,32). The summed E-state index contributed by atoms with van der Waals surface area (Å²) in [5, 5.41) is 6.59. The fourth-order valence-corrected chi connectivity index (χ4v) is 4.70. The zero-order valence-corrected chi connectivity index (χ0v) is 17.6. The molecule has 2 unspecified atom stereocenters. The summed E-state index contributed by atoms with van der Waals surface area (Å²) in [6, 6.07) is 2.69. The summed E-state index contributed by atoms with van der Waals surface area (Å²) in [6.07, 6.45) is 1.57. The van der Waals surface area contributed by atoms with E-state index in [1.54, 1.807) is 0 Å². The highest BCUT2D eigenvalue weighted by Gasteiger charge is 2.61. The van der Waals surface area contributed by atoms with Crippen LogP contribution >= 0.6 is 0 Å². The highest BCUT2D eigenvalue weighted by molar-refractivity contribution is 6.04. The molecule has 2 saturated carbocycles. The minimum Gasteiger partial charge on any atom is -0.364 e. The third-order valence-electron chi connectivity index (χ3n) is 6.45. The van der Waals surface area contributed by atoms with Crippen LogP contribution in [-0.2, 0) is 12.5 Å². The van der Waals surface area contributed by atoms with Crippen molar-refractivity contribution in [2.75, 3.05) is 5.32 Å². The fourth-order valence-electron chi connectivity index (χ4n) is 4.70. The number of nitrogens with one attached hydrogen (secondary N) is 1. The monoisotopic (exact) mass is 453 g/mol. The number of fused-ring (bicyclic) bond motifs is 1. The summed E-state index contributed by atoms with van der Waals surface area (Å²) in [6.45, 7) is 2.18. The summed E-state index contributed by atoms with van der Waals surface area (Å²) in [7, 11) is 0. The molecule has 2 aromatic heterocycles. The number of nitrogens with zero attached hydrogens (tertiary/aromatic N) is 3. The lowest BCUT2D eigenvalue weighted by molar-refractivity contribution is -0.0502. The van der Waals surface area contributed by atoms with E-state index < -0.39 is 34.8 Å². The van der Waals surface area contributed by atoms with Crippen LogP contribution in [0.3, 0.4) is 0 Å². The molecule has 4 rings (SSSR count). The SMILES string of the molecule is Cc1c(C(C)(F)F)nn(CC23CCC(F)(F)CC2C3)c1C(=O)Nc1ccnc(C(N)=O)c1. The maximum Gasteiger partial charge on any atom is 0.289 e. The van der Waals surface area contributed by atoms with E-state index in [2.05, 4.69) is 15.4 Å². The zero-order valence-electron chi connectivity index (χ0n) is 17.6. The lowest BCUT2D eigenvalue weighted by Crippen LogP contribution is -2.30. The molecule has 2 fully saturated rings. The average Bonchev–Trinajstić information content (AvgIpc) is 3.25. The Balaban J connectivity index is 1.65. The van der Waals surface area contributed by atoms with Crippen molar-refractivity contribution in [2.24, 2.45) is 17.1 Å². The smallest absolute Gasteiger partial charge is 0.289 e. The molecule has 7 nitrogen and oxygen atoms in total. The van der Waals surface area contributed by atoms with Gasteiger partial charge in [-0.2, -0.15) is 13.9 Å². The van der Waals surface area contributed by atoms with E-state index in [4.69, 9.17) is 5.73 Å². The zero-order chi connectivity index (χ0) is 23.5. The quantitative estimate of drug-likeness (QED) is 0.648. The van der Waals surface area contributed by atoms with Crippen molar-refractivity contribution in [3.05, 3.63) is 41.0 Å². The molecule has 0 spiro atoms. The van der Waals surface area contributed by atoms with Crippen molar-refractivity contribution < 1.29 is 27.2 Å². The number of anilines is 1. The Morgan fingerprint density at radius 1 is 1.31 bits per heavy atom. The number of aromatic nitrogens is 3. The first kappa shape index (κ1) is 22.2. The highest BCUT2D eigenvalue weighted by atomic mass is 19.3. The maximum atomic E-state index is 14.2. The second kappa shape index (κ2) is 7.28. The van der Waals surface area contributed by atoms with E-state index in [0.717, 1.165) is 0 Å². The molecule has 2 heterocycles. The van der Waals surface area contributed by atoms with Gasteiger partial charge in [0, 0.05) is 43.8 Å². The molecule has 2 aliphatic rings. The van der Waals surface area contributed by atoms with Crippen LogP contribution in [0.15, 0.2) is 18.3 Å². The van der Waals surface area contributed by atoms with Crippen molar-refractivity contribution in [3.8, 4) is 0 Å². The van der Waals surface area contributed by atoms with Crippen LogP contribution in [0.5, 0.6) is 0 Å². The lowest BCUT2D eigenvalue weighted by atomic mass is 9.86. The number of halogens is 4. The largest absolute Gasteiger partial charge is 0.364 e. The van der Waals surface area contributed by atoms with Crippen LogP contribution < -0.4 is 11.1 Å². The summed E-state index contributed by atoms with van der Waals surface area (Å²) in [5.74, 6) is -7.73. The molecule has 2 aliphatic carbocycles. The van der Waals surface area contributed by atoms with Gasteiger partial charge in [-0.15, -0.1) is 0 Å². The van der Waals surface area contributed by atoms with Gasteiger partial charge >= 0.3 is 0 Å². The van der Waals surface area contributed by atoms with Crippen LogP contribution in [0.4, 0.5) is 23.2 Å². The van der Waals surface area contributed by atoms with Crippen LogP contribution in [0.2, 0.25) is 0 Å². The molecule has 2 atom stereocenters. The van der Waals surface area contributed by atoms with Gasteiger partial charge in [0.2, 0.25) is 5.92 Å². The highest BCUT2D eigenvalue weighted by Crippen LogP contribution is 2.65. The number of pyridine rings is 1. The van der Waals surface area contributed by atoms with E-state index in [1.165, 1.54) is 29.9 Å². The molecule has 0 radical (unpaired) electrons. The number of hydrogen-bond acceptors (Lipinski definition) is 4. The van der Waals surface area contributed by atoms with Gasteiger partial charge in [0.25, 0.3) is 17.7 Å². The van der Waals surface area contributed by atoms with E-state index in [0.29, 0.717) is 13.3 Å². The van der Waals surface area contributed by atoms with Crippen molar-refractivity contribution in [1.82, 2.24) is 14.8 Å². The summed E-state index contributed by atoms with van der Waals surface area (Å²) in [5.41, 5.74) is 4.26. The van der Waals surface area contributed by atoms with Crippen molar-refractivity contribution in [2.45, 2.75) is 57.9 Å². The van der Waals surface area contributed by atoms with Gasteiger partial charge in [0.15, 0.2) is 0 Å². The molecule has 0 aromatic carbocycles. The Morgan fingerprint density at radius 2 is 2.03 bits per heavy atom. The first-order valence-electron chi connectivity index (χ1n) is 10.2. The maximum absolute atomic E-state index is 14.2. The van der Waals surface area contributed by atoms with Crippen LogP contribution in [0.1, 0.15) is 64.8 Å². The molecule has 3 N–H and O–H groups in total. The van der Waals surface area contributed by atoms with E-state index in [1.807, 2.05) is 0 Å². The summed E-state index contributed by atoms with van der Waals surface area (Å²) in [4.78, 5) is 28.2. The second-order valence-corrected chi connectivity index (χ2v) is 8.94.